The van der Waals surface area contributed by atoms with E-state index in [1.807, 2.05) is 13.8 Å². The third-order valence-electron chi connectivity index (χ3n) is 1.69. The summed E-state index contributed by atoms with van der Waals surface area (Å²) in [5.74, 6) is 0.455. The molecule has 0 amide bonds. The lowest BCUT2D eigenvalue weighted by Crippen LogP contribution is -2.01. The van der Waals surface area contributed by atoms with Gasteiger partial charge in [-0.3, -0.25) is 0 Å². The summed E-state index contributed by atoms with van der Waals surface area (Å²) >= 11 is 0. The molecule has 3 heteroatoms. The largest absolute Gasteiger partial charge is 0.434 e. The van der Waals surface area contributed by atoms with Gasteiger partial charge in [0, 0.05) is 6.07 Å². The lowest BCUT2D eigenvalue weighted by molar-refractivity contribution is -0.0500. The molecule has 1 nitrogen and oxygen atoms in total. The van der Waals surface area contributed by atoms with Crippen LogP contribution in [-0.4, -0.2) is 6.61 Å². The summed E-state index contributed by atoms with van der Waals surface area (Å²) in [5.41, 5.74) is 1.06. The molecule has 71 valence electrons. The van der Waals surface area contributed by atoms with Crippen LogP contribution in [0.2, 0.25) is 0 Å². The zero-order valence-electron chi connectivity index (χ0n) is 7.55. The molecule has 0 aliphatic heterocycles. The predicted molar refractivity (Wildman–Crippen MR) is 46.0 cm³/mol. The van der Waals surface area contributed by atoms with Gasteiger partial charge in [0.05, 0.1) is 0 Å². The monoisotopic (exact) mass is 185 g/mol. The Bertz CT molecular complexity index is 254. The average molecular weight is 185 g/mol. The van der Waals surface area contributed by atoms with Crippen LogP contribution >= 0.6 is 0 Å². The number of halogens is 2. The summed E-state index contributed by atoms with van der Waals surface area (Å²) in [6.45, 7) is 1.27. The highest BCUT2D eigenvalue weighted by Gasteiger charge is 2.04. The fourth-order valence-corrected chi connectivity index (χ4v) is 0.951. The molecule has 0 saturated carbocycles. The molecule has 0 saturated heterocycles. The first-order valence-electron chi connectivity index (χ1n) is 4.06. The van der Waals surface area contributed by atoms with Gasteiger partial charge in [-0.25, -0.2) is 0 Å². The van der Waals surface area contributed by atoms with Gasteiger partial charge in [-0.1, -0.05) is 19.9 Å². The number of benzene rings is 1. The minimum absolute atomic E-state index is 0.0828. The van der Waals surface area contributed by atoms with E-state index in [1.54, 1.807) is 12.1 Å². The van der Waals surface area contributed by atoms with Crippen molar-refractivity contribution in [1.82, 2.24) is 0 Å². The Morgan fingerprint density at radius 1 is 1.31 bits per heavy atom. The quantitative estimate of drug-likeness (QED) is 0.702. The van der Waals surface area contributed by atoms with Crippen molar-refractivity contribution in [2.24, 2.45) is 0 Å². The van der Waals surface area contributed by atoms with Gasteiger partial charge in [-0.15, -0.1) is 0 Å². The normalized spacial score (nSPS) is 10.9. The van der Waals surface area contributed by atoms with Gasteiger partial charge in [0.2, 0.25) is 0 Å². The van der Waals surface area contributed by atoms with E-state index in [-0.39, 0.29) is 5.75 Å². The third kappa shape index (κ3) is 3.01. The maximum atomic E-state index is 11.7. The number of ether oxygens (including phenoxy) is 1. The summed E-state index contributed by atoms with van der Waals surface area (Å²) < 4.78 is 27.6. The SMILES string of the molecule is CC(C)c1c[c]c(OC(F)F)cc1. The highest BCUT2D eigenvalue weighted by molar-refractivity contribution is 5.27. The molecular formula is C10H11F2O. The predicted octanol–water partition coefficient (Wildman–Crippen LogP) is 3.21. The maximum Gasteiger partial charge on any atom is 0.387 e. The lowest BCUT2D eigenvalue weighted by atomic mass is 10.0. The van der Waals surface area contributed by atoms with Gasteiger partial charge >= 0.3 is 6.61 Å². The van der Waals surface area contributed by atoms with Crippen LogP contribution < -0.4 is 4.74 Å². The lowest BCUT2D eigenvalue weighted by Gasteiger charge is -2.06. The van der Waals surface area contributed by atoms with E-state index < -0.39 is 6.61 Å². The second-order valence-electron chi connectivity index (χ2n) is 3.02. The Labute approximate surface area is 76.3 Å². The van der Waals surface area contributed by atoms with Crippen molar-refractivity contribution >= 4 is 0 Å². The zero-order valence-corrected chi connectivity index (χ0v) is 7.55. The molecular weight excluding hydrogens is 174 g/mol. The van der Waals surface area contributed by atoms with Crippen molar-refractivity contribution in [3.05, 3.63) is 29.8 Å². The van der Waals surface area contributed by atoms with Crippen molar-refractivity contribution in [1.29, 1.82) is 0 Å². The molecule has 13 heavy (non-hydrogen) atoms. The summed E-state index contributed by atoms with van der Waals surface area (Å²) in [4.78, 5) is 0. The molecule has 1 radical (unpaired) electrons. The van der Waals surface area contributed by atoms with Crippen LogP contribution in [0, 0.1) is 6.07 Å². The first-order valence-corrected chi connectivity index (χ1v) is 4.06. The highest BCUT2D eigenvalue weighted by atomic mass is 19.3. The third-order valence-corrected chi connectivity index (χ3v) is 1.69. The second kappa shape index (κ2) is 4.21. The first kappa shape index (κ1) is 9.96. The van der Waals surface area contributed by atoms with Gasteiger partial charge in [-0.2, -0.15) is 8.78 Å². The molecule has 0 aliphatic rings. The molecule has 0 spiro atoms. The van der Waals surface area contributed by atoms with Crippen LogP contribution in [0.15, 0.2) is 18.2 Å². The minimum Gasteiger partial charge on any atom is -0.434 e. The van der Waals surface area contributed by atoms with Crippen LogP contribution in [0.25, 0.3) is 0 Å². The van der Waals surface area contributed by atoms with Crippen LogP contribution in [0.5, 0.6) is 5.75 Å². The van der Waals surface area contributed by atoms with E-state index in [9.17, 15) is 8.78 Å². The smallest absolute Gasteiger partial charge is 0.387 e. The topological polar surface area (TPSA) is 9.23 Å². The Hall–Kier alpha value is -1.12. The number of hydrogen-bond donors (Lipinski definition) is 0. The van der Waals surface area contributed by atoms with E-state index in [4.69, 9.17) is 0 Å². The molecule has 1 rings (SSSR count). The van der Waals surface area contributed by atoms with Crippen LogP contribution in [0.1, 0.15) is 25.3 Å². The molecule has 0 heterocycles. The van der Waals surface area contributed by atoms with E-state index >= 15 is 0 Å². The molecule has 0 unspecified atom stereocenters. The standard InChI is InChI=1S/C10H11F2O/c1-7(2)8-3-5-9(6-4-8)13-10(11)12/h3-5,7,10H,1-2H3. The Morgan fingerprint density at radius 2 is 2.00 bits per heavy atom. The van der Waals surface area contributed by atoms with Crippen LogP contribution in [0.3, 0.4) is 0 Å². The number of alkyl halides is 2. The molecule has 1 aromatic carbocycles. The summed E-state index contributed by atoms with van der Waals surface area (Å²) in [6.07, 6.45) is 0. The molecule has 0 aromatic heterocycles. The van der Waals surface area contributed by atoms with Gasteiger partial charge in [0.1, 0.15) is 5.75 Å². The summed E-state index contributed by atoms with van der Waals surface area (Å²) in [6, 6.07) is 7.58. The molecule has 0 aliphatic carbocycles. The highest BCUT2D eigenvalue weighted by Crippen LogP contribution is 2.18. The van der Waals surface area contributed by atoms with Gasteiger partial charge < -0.3 is 4.74 Å². The summed E-state index contributed by atoms with van der Waals surface area (Å²) in [7, 11) is 0. The first-order chi connectivity index (χ1) is 6.09. The minimum atomic E-state index is -2.78. The van der Waals surface area contributed by atoms with Crippen LogP contribution in [-0.2, 0) is 0 Å². The van der Waals surface area contributed by atoms with Crippen molar-refractivity contribution in [3.8, 4) is 5.75 Å². The van der Waals surface area contributed by atoms with Crippen molar-refractivity contribution < 1.29 is 13.5 Å². The molecule has 0 N–H and O–H groups in total. The summed E-state index contributed by atoms with van der Waals surface area (Å²) in [5, 5.41) is 0. The number of rotatable bonds is 3. The number of hydrogen-bond acceptors (Lipinski definition) is 1. The van der Waals surface area contributed by atoms with Gasteiger partial charge in [-0.05, 0) is 23.6 Å². The molecule has 1 aromatic rings. The fourth-order valence-electron chi connectivity index (χ4n) is 0.951. The van der Waals surface area contributed by atoms with Crippen molar-refractivity contribution in [3.63, 3.8) is 0 Å². The fraction of sp³-hybridized carbons (Fsp3) is 0.400. The second-order valence-corrected chi connectivity index (χ2v) is 3.02. The maximum absolute atomic E-state index is 11.7. The van der Waals surface area contributed by atoms with Crippen molar-refractivity contribution in [2.45, 2.75) is 26.4 Å². The Kier molecular flexibility index (Phi) is 3.23. The average Bonchev–Trinajstić information content (AvgIpc) is 2.04. The van der Waals surface area contributed by atoms with Gasteiger partial charge in [0.25, 0.3) is 0 Å². The molecule has 0 bridgehead atoms. The van der Waals surface area contributed by atoms with E-state index in [0.717, 1.165) is 5.56 Å². The van der Waals surface area contributed by atoms with Gasteiger partial charge in [0.15, 0.2) is 0 Å². The molecule has 0 atom stereocenters. The van der Waals surface area contributed by atoms with E-state index in [2.05, 4.69) is 10.8 Å². The Balaban J connectivity index is 2.70. The molecule has 0 fully saturated rings. The zero-order chi connectivity index (χ0) is 9.84. The van der Waals surface area contributed by atoms with E-state index in [0.29, 0.717) is 5.92 Å². The van der Waals surface area contributed by atoms with Crippen LogP contribution in [0.4, 0.5) is 8.78 Å². The van der Waals surface area contributed by atoms with Crippen molar-refractivity contribution in [2.75, 3.05) is 0 Å². The Morgan fingerprint density at radius 3 is 2.38 bits per heavy atom. The van der Waals surface area contributed by atoms with E-state index in [1.165, 1.54) is 6.07 Å².